The molecule has 3 rings (SSSR count). The number of nitrogens with one attached hydrogen (secondary N) is 1. The van der Waals surface area contributed by atoms with Crippen molar-refractivity contribution in [3.05, 3.63) is 64.7 Å². The van der Waals surface area contributed by atoms with E-state index in [0.717, 1.165) is 0 Å². The summed E-state index contributed by atoms with van der Waals surface area (Å²) in [6.45, 7) is 1.93. The van der Waals surface area contributed by atoms with Crippen LogP contribution in [0.15, 0.2) is 48.5 Å². The number of carbonyl (C=O) groups excluding carboxylic acids is 2. The van der Waals surface area contributed by atoms with Gasteiger partial charge in [-0.1, -0.05) is 35.9 Å². The molecule has 2 aromatic carbocycles. The third-order valence-electron chi connectivity index (χ3n) is 4.77. The molecule has 6 nitrogen and oxygen atoms in total. The molecule has 1 heterocycles. The van der Waals surface area contributed by atoms with Crippen LogP contribution in [0, 0.1) is 0 Å². The Balaban J connectivity index is 1.46. The van der Waals surface area contributed by atoms with Crippen LogP contribution in [-0.4, -0.2) is 60.7 Å². The van der Waals surface area contributed by atoms with Crippen LogP contribution in [0.1, 0.15) is 15.9 Å². The number of hydrogen-bond donors (Lipinski definition) is 1. The molecule has 0 spiro atoms. The molecule has 0 radical (unpaired) electrons. The standard InChI is InChI=1S/C21H21ClF3N3O3/c22-17-6-3-5-15(12-17)20(30)28-10-8-27(9-11-28)14-19(29)26-13-16-4-1-2-7-18(16)31-21(23,24)25/h1-7,12H,8-11,13-14H2,(H,26,29). The first-order valence-electron chi connectivity index (χ1n) is 9.59. The monoisotopic (exact) mass is 455 g/mol. The van der Waals surface area contributed by atoms with Gasteiger partial charge in [0.2, 0.25) is 5.91 Å². The topological polar surface area (TPSA) is 61.9 Å². The second kappa shape index (κ2) is 10.0. The molecule has 0 aromatic heterocycles. The zero-order chi connectivity index (χ0) is 22.4. The Hall–Kier alpha value is -2.78. The average molecular weight is 456 g/mol. The van der Waals surface area contributed by atoms with Gasteiger partial charge in [-0.15, -0.1) is 13.2 Å². The van der Waals surface area contributed by atoms with E-state index >= 15 is 0 Å². The average Bonchev–Trinajstić information content (AvgIpc) is 2.72. The number of carbonyl (C=O) groups is 2. The fraction of sp³-hybridized carbons (Fsp3) is 0.333. The van der Waals surface area contributed by atoms with Crippen molar-refractivity contribution in [1.29, 1.82) is 0 Å². The molecule has 1 N–H and O–H groups in total. The Morgan fingerprint density at radius 3 is 2.42 bits per heavy atom. The van der Waals surface area contributed by atoms with Crippen LogP contribution in [0.5, 0.6) is 5.75 Å². The SMILES string of the molecule is O=C(CN1CCN(C(=O)c2cccc(Cl)c2)CC1)NCc1ccccc1OC(F)(F)F. The molecule has 1 aliphatic rings. The van der Waals surface area contributed by atoms with E-state index in [0.29, 0.717) is 36.8 Å². The minimum Gasteiger partial charge on any atom is -0.405 e. The Bertz CT molecular complexity index is 931. The molecule has 2 amide bonds. The predicted molar refractivity (Wildman–Crippen MR) is 109 cm³/mol. The number of hydrogen-bond acceptors (Lipinski definition) is 4. The van der Waals surface area contributed by atoms with E-state index in [1.165, 1.54) is 18.2 Å². The van der Waals surface area contributed by atoms with Gasteiger partial charge in [-0.25, -0.2) is 0 Å². The van der Waals surface area contributed by atoms with Crippen LogP contribution < -0.4 is 10.1 Å². The fourth-order valence-electron chi connectivity index (χ4n) is 3.24. The minimum atomic E-state index is -4.80. The third-order valence-corrected chi connectivity index (χ3v) is 5.01. The Labute approximate surface area is 182 Å². The number of halogens is 4. The van der Waals surface area contributed by atoms with Gasteiger partial charge in [0.15, 0.2) is 0 Å². The second-order valence-electron chi connectivity index (χ2n) is 7.01. The van der Waals surface area contributed by atoms with Gasteiger partial charge in [0.05, 0.1) is 6.54 Å². The van der Waals surface area contributed by atoms with Crippen molar-refractivity contribution in [3.63, 3.8) is 0 Å². The molecule has 0 unspecified atom stereocenters. The number of benzene rings is 2. The summed E-state index contributed by atoms with van der Waals surface area (Å²) in [5.74, 6) is -0.784. The molecule has 0 atom stereocenters. The first kappa shape index (κ1) is 22.9. The lowest BCUT2D eigenvalue weighted by Gasteiger charge is -2.34. The second-order valence-corrected chi connectivity index (χ2v) is 7.45. The molecular weight excluding hydrogens is 435 g/mol. The maximum absolute atomic E-state index is 12.5. The quantitative estimate of drug-likeness (QED) is 0.726. The van der Waals surface area contributed by atoms with Gasteiger partial charge in [-0.05, 0) is 24.3 Å². The molecular formula is C21H21ClF3N3O3. The minimum absolute atomic E-state index is 0.0848. The van der Waals surface area contributed by atoms with Crippen molar-refractivity contribution in [2.75, 3.05) is 32.7 Å². The van der Waals surface area contributed by atoms with Crippen molar-refractivity contribution in [3.8, 4) is 5.75 Å². The summed E-state index contributed by atoms with van der Waals surface area (Å²) in [6.07, 6.45) is -4.80. The highest BCUT2D eigenvalue weighted by Gasteiger charge is 2.32. The van der Waals surface area contributed by atoms with Gasteiger partial charge < -0.3 is 15.0 Å². The van der Waals surface area contributed by atoms with Crippen LogP contribution in [0.2, 0.25) is 5.02 Å². The largest absolute Gasteiger partial charge is 0.573 e. The molecule has 0 bridgehead atoms. The van der Waals surface area contributed by atoms with Gasteiger partial charge >= 0.3 is 6.36 Å². The van der Waals surface area contributed by atoms with Crippen molar-refractivity contribution in [1.82, 2.24) is 15.1 Å². The van der Waals surface area contributed by atoms with E-state index < -0.39 is 6.36 Å². The smallest absolute Gasteiger partial charge is 0.405 e. The van der Waals surface area contributed by atoms with E-state index in [4.69, 9.17) is 11.6 Å². The van der Waals surface area contributed by atoms with Gasteiger partial charge in [0.25, 0.3) is 5.91 Å². The Kier molecular flexibility index (Phi) is 7.40. The summed E-state index contributed by atoms with van der Waals surface area (Å²) in [4.78, 5) is 28.4. The van der Waals surface area contributed by atoms with E-state index in [1.54, 1.807) is 35.2 Å². The number of ether oxygens (including phenoxy) is 1. The molecule has 0 aliphatic carbocycles. The first-order chi connectivity index (χ1) is 14.7. The highest BCUT2D eigenvalue weighted by molar-refractivity contribution is 6.30. The molecule has 1 fully saturated rings. The predicted octanol–water partition coefficient (Wildman–Crippen LogP) is 3.31. The Morgan fingerprint density at radius 1 is 1.03 bits per heavy atom. The zero-order valence-electron chi connectivity index (χ0n) is 16.5. The summed E-state index contributed by atoms with van der Waals surface area (Å²) >= 11 is 5.94. The van der Waals surface area contributed by atoms with Crippen LogP contribution in [0.4, 0.5) is 13.2 Å². The summed E-state index contributed by atoms with van der Waals surface area (Å²) in [6, 6.07) is 12.4. The fourth-order valence-corrected chi connectivity index (χ4v) is 3.43. The maximum Gasteiger partial charge on any atom is 0.573 e. The molecule has 1 aliphatic heterocycles. The van der Waals surface area contributed by atoms with Crippen molar-refractivity contribution in [2.45, 2.75) is 12.9 Å². The normalized spacial score (nSPS) is 14.9. The van der Waals surface area contributed by atoms with Crippen LogP contribution >= 0.6 is 11.6 Å². The van der Waals surface area contributed by atoms with Gasteiger partial charge in [0.1, 0.15) is 5.75 Å². The lowest BCUT2D eigenvalue weighted by Crippen LogP contribution is -2.51. The zero-order valence-corrected chi connectivity index (χ0v) is 17.2. The van der Waals surface area contributed by atoms with Crippen LogP contribution in [0.25, 0.3) is 0 Å². The third kappa shape index (κ3) is 6.86. The van der Waals surface area contributed by atoms with E-state index in [9.17, 15) is 22.8 Å². The molecule has 0 saturated carbocycles. The van der Waals surface area contributed by atoms with Crippen molar-refractivity contribution in [2.24, 2.45) is 0 Å². The highest BCUT2D eigenvalue weighted by atomic mass is 35.5. The highest BCUT2D eigenvalue weighted by Crippen LogP contribution is 2.26. The summed E-state index contributed by atoms with van der Waals surface area (Å²) in [7, 11) is 0. The molecule has 31 heavy (non-hydrogen) atoms. The number of para-hydroxylation sites is 1. The van der Waals surface area contributed by atoms with Crippen molar-refractivity contribution < 1.29 is 27.5 Å². The van der Waals surface area contributed by atoms with Gasteiger partial charge in [-0.3, -0.25) is 14.5 Å². The van der Waals surface area contributed by atoms with Crippen LogP contribution in [0.3, 0.4) is 0 Å². The Morgan fingerprint density at radius 2 is 1.74 bits per heavy atom. The van der Waals surface area contributed by atoms with Gasteiger partial charge in [-0.2, -0.15) is 0 Å². The van der Waals surface area contributed by atoms with E-state index in [1.807, 2.05) is 4.90 Å². The maximum atomic E-state index is 12.5. The molecule has 1 saturated heterocycles. The van der Waals surface area contributed by atoms with Crippen molar-refractivity contribution >= 4 is 23.4 Å². The summed E-state index contributed by atoms with van der Waals surface area (Å²) < 4.78 is 41.5. The number of amides is 2. The number of alkyl halides is 3. The summed E-state index contributed by atoms with van der Waals surface area (Å²) in [5.41, 5.74) is 0.739. The summed E-state index contributed by atoms with van der Waals surface area (Å²) in [5, 5.41) is 3.10. The number of piperazine rings is 1. The van der Waals surface area contributed by atoms with Crippen LogP contribution in [-0.2, 0) is 11.3 Å². The first-order valence-corrected chi connectivity index (χ1v) is 9.96. The van der Waals surface area contributed by atoms with Gasteiger partial charge in [0, 0.05) is 48.9 Å². The molecule has 2 aromatic rings. The molecule has 10 heteroatoms. The molecule has 166 valence electrons. The van der Waals surface area contributed by atoms with E-state index in [-0.39, 0.29) is 36.2 Å². The lowest BCUT2D eigenvalue weighted by atomic mass is 10.2. The van der Waals surface area contributed by atoms with E-state index in [2.05, 4.69) is 10.1 Å². The lowest BCUT2D eigenvalue weighted by molar-refractivity contribution is -0.274. The number of rotatable bonds is 6. The number of nitrogens with zero attached hydrogens (tertiary/aromatic N) is 2.